The van der Waals surface area contributed by atoms with E-state index in [2.05, 4.69) is 11.9 Å². The number of nitrogens with one attached hydrogen (secondary N) is 1. The van der Waals surface area contributed by atoms with Crippen LogP contribution in [0.25, 0.3) is 21.3 Å². The van der Waals surface area contributed by atoms with E-state index in [9.17, 15) is 14.4 Å². The fourth-order valence-electron chi connectivity index (χ4n) is 4.60. The van der Waals surface area contributed by atoms with E-state index in [1.165, 1.54) is 34.4 Å². The quantitative estimate of drug-likeness (QED) is 0.113. The normalized spacial score (nSPS) is 12.8. The van der Waals surface area contributed by atoms with Gasteiger partial charge in [-0.15, -0.1) is 29.3 Å². The van der Waals surface area contributed by atoms with E-state index in [-0.39, 0.29) is 30.4 Å². The summed E-state index contributed by atoms with van der Waals surface area (Å²) in [5.74, 6) is -0.625. The number of esters is 1. The van der Waals surface area contributed by atoms with Gasteiger partial charge in [0.25, 0.3) is 5.56 Å². The number of aromatic nitrogens is 2. The van der Waals surface area contributed by atoms with Gasteiger partial charge in [-0.25, -0.2) is 9.78 Å². The minimum absolute atomic E-state index is 0.0385. The van der Waals surface area contributed by atoms with E-state index < -0.39 is 5.97 Å². The maximum atomic E-state index is 13.5. The van der Waals surface area contributed by atoms with Crippen LogP contribution in [0.2, 0.25) is 0 Å². The highest BCUT2D eigenvalue weighted by atomic mass is 32.2. The van der Waals surface area contributed by atoms with Gasteiger partial charge < -0.3 is 10.1 Å². The predicted molar refractivity (Wildman–Crippen MR) is 156 cm³/mol. The average molecular weight is 566 g/mol. The molecule has 0 radical (unpaired) electrons. The van der Waals surface area contributed by atoms with Crippen molar-refractivity contribution >= 4 is 61.5 Å². The molecule has 196 valence electrons. The summed E-state index contributed by atoms with van der Waals surface area (Å²) in [5.41, 5.74) is 3.14. The van der Waals surface area contributed by atoms with E-state index in [4.69, 9.17) is 9.72 Å². The molecule has 10 heteroatoms. The van der Waals surface area contributed by atoms with E-state index in [0.29, 0.717) is 25.9 Å². The van der Waals surface area contributed by atoms with E-state index in [1.54, 1.807) is 17.6 Å². The summed E-state index contributed by atoms with van der Waals surface area (Å²) in [7, 11) is 0. The van der Waals surface area contributed by atoms with Crippen LogP contribution in [0.1, 0.15) is 40.6 Å². The molecular weight excluding hydrogens is 539 g/mol. The van der Waals surface area contributed by atoms with Gasteiger partial charge in [-0.3, -0.25) is 14.2 Å². The molecule has 0 unspecified atom stereocenters. The third-order valence-corrected chi connectivity index (χ3v) is 9.35. The summed E-state index contributed by atoms with van der Waals surface area (Å²) in [6.45, 7) is 6.12. The molecule has 1 N–H and O–H groups in total. The van der Waals surface area contributed by atoms with E-state index in [1.807, 2.05) is 35.7 Å². The first-order valence-corrected chi connectivity index (χ1v) is 15.1. The number of thiophene rings is 2. The Morgan fingerprint density at radius 2 is 2.03 bits per heavy atom. The number of nitrogens with zero attached hydrogens (tertiary/aromatic N) is 2. The molecule has 1 amide bonds. The van der Waals surface area contributed by atoms with Gasteiger partial charge in [0.1, 0.15) is 9.83 Å². The number of thioether (sulfide) groups is 1. The fourth-order valence-corrected chi connectivity index (χ4v) is 7.69. The molecule has 1 aromatic carbocycles. The number of hydrogen-bond donors (Lipinski definition) is 1. The Labute approximate surface area is 232 Å². The molecule has 3 aromatic heterocycles. The third-order valence-electron chi connectivity index (χ3n) is 6.29. The van der Waals surface area contributed by atoms with Crippen LogP contribution < -0.4 is 10.9 Å². The first-order valence-electron chi connectivity index (χ1n) is 12.4. The van der Waals surface area contributed by atoms with Crippen molar-refractivity contribution in [2.45, 2.75) is 44.3 Å². The van der Waals surface area contributed by atoms with Gasteiger partial charge in [0.2, 0.25) is 5.91 Å². The molecule has 0 bridgehead atoms. The van der Waals surface area contributed by atoms with E-state index in [0.717, 1.165) is 47.3 Å². The molecule has 0 saturated heterocycles. The molecule has 0 spiro atoms. The van der Waals surface area contributed by atoms with Crippen LogP contribution in [0.3, 0.4) is 0 Å². The number of fused-ring (bicyclic) bond motifs is 2. The highest BCUT2D eigenvalue weighted by Crippen LogP contribution is 2.39. The number of ether oxygens (including phenoxy) is 1. The molecule has 1 aliphatic carbocycles. The Hall–Kier alpha value is -3.21. The average Bonchev–Trinajstić information content (AvgIpc) is 3.51. The van der Waals surface area contributed by atoms with Gasteiger partial charge >= 0.3 is 5.97 Å². The van der Waals surface area contributed by atoms with Gasteiger partial charge in [-0.05, 0) is 43.7 Å². The molecule has 5 rings (SSSR count). The SMILES string of the molecule is C=CCn1c(SCC(=O)Nc2sc3c(c2C(=O)OCC)CCCC3)nc2scc(-c3ccccc3)c2c1=O. The smallest absolute Gasteiger partial charge is 0.341 e. The standard InChI is InChI=1S/C28H27N3O4S3/c1-3-14-31-26(33)22-19(17-10-6-5-7-11-17)15-36-24(22)30-28(31)37-16-21(32)29-25-23(27(34)35-4-2)18-12-8-9-13-20(18)38-25/h3,5-7,10-11,15H,1,4,8-9,12-14,16H2,2H3,(H,29,32). The topological polar surface area (TPSA) is 90.3 Å². The minimum Gasteiger partial charge on any atom is -0.462 e. The van der Waals surface area contributed by atoms with Gasteiger partial charge in [-0.2, -0.15) is 0 Å². The van der Waals surface area contributed by atoms with Gasteiger partial charge in [0.15, 0.2) is 5.16 Å². The van der Waals surface area contributed by atoms with Crippen molar-refractivity contribution in [1.29, 1.82) is 0 Å². The number of benzene rings is 1. The van der Waals surface area contributed by atoms with E-state index >= 15 is 0 Å². The second-order valence-corrected chi connectivity index (χ2v) is 11.7. The summed E-state index contributed by atoms with van der Waals surface area (Å²) < 4.78 is 6.85. The first kappa shape index (κ1) is 26.4. The molecular formula is C28H27N3O4S3. The Balaban J connectivity index is 1.40. The number of rotatable bonds is 9. The van der Waals surface area contributed by atoms with Gasteiger partial charge in [0, 0.05) is 22.4 Å². The Kier molecular flexibility index (Phi) is 8.11. The Bertz CT molecular complexity index is 1570. The number of carbonyl (C=O) groups is 2. The molecule has 0 atom stereocenters. The van der Waals surface area contributed by atoms with Crippen molar-refractivity contribution in [3.05, 3.63) is 74.7 Å². The van der Waals surface area contributed by atoms with Crippen LogP contribution in [0.15, 0.2) is 58.3 Å². The number of amides is 1. The zero-order valence-corrected chi connectivity index (χ0v) is 23.4. The lowest BCUT2D eigenvalue weighted by Gasteiger charge is -2.12. The summed E-state index contributed by atoms with van der Waals surface area (Å²) in [6, 6.07) is 9.76. The Morgan fingerprint density at radius 1 is 1.24 bits per heavy atom. The largest absolute Gasteiger partial charge is 0.462 e. The molecule has 1 aliphatic rings. The lowest BCUT2D eigenvalue weighted by molar-refractivity contribution is -0.113. The van der Waals surface area contributed by atoms with Crippen LogP contribution in [-0.2, 0) is 28.9 Å². The highest BCUT2D eigenvalue weighted by Gasteiger charge is 2.27. The molecule has 0 fully saturated rings. The van der Waals surface area contributed by atoms with Crippen LogP contribution in [-0.4, -0.2) is 33.8 Å². The molecule has 4 aromatic rings. The molecule has 7 nitrogen and oxygen atoms in total. The van der Waals surface area contributed by atoms with Crippen LogP contribution >= 0.6 is 34.4 Å². The monoisotopic (exact) mass is 565 g/mol. The second-order valence-electron chi connectivity index (χ2n) is 8.77. The van der Waals surface area contributed by atoms with Crippen molar-refractivity contribution in [3.63, 3.8) is 0 Å². The zero-order valence-electron chi connectivity index (χ0n) is 21.0. The number of carbonyl (C=O) groups excluding carboxylic acids is 2. The summed E-state index contributed by atoms with van der Waals surface area (Å²) >= 11 is 4.06. The first-order chi connectivity index (χ1) is 18.5. The zero-order chi connectivity index (χ0) is 26.6. The highest BCUT2D eigenvalue weighted by molar-refractivity contribution is 7.99. The maximum absolute atomic E-state index is 13.5. The molecule has 0 saturated carbocycles. The molecule has 38 heavy (non-hydrogen) atoms. The molecule has 3 heterocycles. The van der Waals surface area contributed by atoms with Crippen LogP contribution in [0.5, 0.6) is 0 Å². The lowest BCUT2D eigenvalue weighted by atomic mass is 9.95. The van der Waals surface area contributed by atoms with Gasteiger partial charge in [-0.1, -0.05) is 48.2 Å². The van der Waals surface area contributed by atoms with Crippen molar-refractivity contribution in [1.82, 2.24) is 9.55 Å². The summed E-state index contributed by atoms with van der Waals surface area (Å²) in [5, 5.41) is 6.44. The maximum Gasteiger partial charge on any atom is 0.341 e. The summed E-state index contributed by atoms with van der Waals surface area (Å²) in [4.78, 5) is 45.8. The van der Waals surface area contributed by atoms with Crippen LogP contribution in [0.4, 0.5) is 5.00 Å². The number of anilines is 1. The van der Waals surface area contributed by atoms with Crippen molar-refractivity contribution < 1.29 is 14.3 Å². The number of allylic oxidation sites excluding steroid dienone is 1. The predicted octanol–water partition coefficient (Wildman–Crippen LogP) is 6.16. The third kappa shape index (κ3) is 5.21. The Morgan fingerprint density at radius 3 is 2.79 bits per heavy atom. The molecule has 0 aliphatic heterocycles. The number of hydrogen-bond acceptors (Lipinski definition) is 8. The van der Waals surface area contributed by atoms with Crippen molar-refractivity contribution in [3.8, 4) is 11.1 Å². The lowest BCUT2D eigenvalue weighted by Crippen LogP contribution is -2.23. The van der Waals surface area contributed by atoms with Gasteiger partial charge in [0.05, 0.1) is 23.3 Å². The second kappa shape index (κ2) is 11.7. The summed E-state index contributed by atoms with van der Waals surface area (Å²) in [6.07, 6.45) is 5.45. The van der Waals surface area contributed by atoms with Crippen molar-refractivity contribution in [2.75, 3.05) is 17.7 Å². The van der Waals surface area contributed by atoms with Crippen LogP contribution in [0, 0.1) is 0 Å². The number of aryl methyl sites for hydroxylation is 1. The van der Waals surface area contributed by atoms with Crippen molar-refractivity contribution in [2.24, 2.45) is 0 Å². The minimum atomic E-state index is -0.395. The fraction of sp³-hybridized carbons (Fsp3) is 0.286.